The number of aryl methyl sites for hydroxylation is 1. The number of H-pyrrole nitrogens is 1. The van der Waals surface area contributed by atoms with Gasteiger partial charge < -0.3 is 9.88 Å². The molecule has 0 saturated carbocycles. The number of likely N-dealkylation sites (N-methyl/N-ethyl adjacent to an activating group) is 1. The van der Waals surface area contributed by atoms with Crippen LogP contribution in [0.2, 0.25) is 0 Å². The van der Waals surface area contributed by atoms with Crippen molar-refractivity contribution < 1.29 is 4.79 Å². The fraction of sp³-hybridized carbons (Fsp3) is 0.571. The van der Waals surface area contributed by atoms with E-state index in [-0.39, 0.29) is 16.9 Å². The maximum absolute atomic E-state index is 12.4. The van der Waals surface area contributed by atoms with Crippen LogP contribution in [-0.2, 0) is 0 Å². The third kappa shape index (κ3) is 2.87. The number of rotatable bonds is 2. The van der Waals surface area contributed by atoms with Crippen LogP contribution in [0.15, 0.2) is 17.1 Å². The van der Waals surface area contributed by atoms with E-state index in [2.05, 4.69) is 23.9 Å². The maximum Gasteiger partial charge on any atom is 0.259 e. The number of hydrogen-bond acceptors (Lipinski definition) is 3. The van der Waals surface area contributed by atoms with Gasteiger partial charge in [0.15, 0.2) is 5.43 Å². The summed E-state index contributed by atoms with van der Waals surface area (Å²) in [5.74, 6) is -0.159. The minimum absolute atomic E-state index is 0.159. The van der Waals surface area contributed by atoms with E-state index in [1.165, 1.54) is 12.3 Å². The van der Waals surface area contributed by atoms with E-state index in [0.29, 0.717) is 19.1 Å². The Balaban J connectivity index is 2.18. The van der Waals surface area contributed by atoms with Crippen molar-refractivity contribution in [3.8, 4) is 0 Å². The fourth-order valence-electron chi connectivity index (χ4n) is 2.48. The topological polar surface area (TPSA) is 56.4 Å². The number of piperazine rings is 1. The van der Waals surface area contributed by atoms with Crippen molar-refractivity contribution in [2.75, 3.05) is 26.7 Å². The van der Waals surface area contributed by atoms with Crippen LogP contribution in [0.5, 0.6) is 0 Å². The molecule has 1 aliphatic heterocycles. The predicted octanol–water partition coefficient (Wildman–Crippen LogP) is 0.850. The fourth-order valence-corrected chi connectivity index (χ4v) is 2.48. The summed E-state index contributed by atoms with van der Waals surface area (Å²) in [5, 5.41) is 0. The summed E-state index contributed by atoms with van der Waals surface area (Å²) in [6.45, 7) is 6.15. The van der Waals surface area contributed by atoms with Gasteiger partial charge in [-0.2, -0.15) is 0 Å². The van der Waals surface area contributed by atoms with Crippen molar-refractivity contribution in [1.29, 1.82) is 0 Å². The molecule has 1 atom stereocenters. The van der Waals surface area contributed by atoms with Gasteiger partial charge in [-0.15, -0.1) is 0 Å². The molecule has 1 amide bonds. The molecule has 0 aromatic carbocycles. The Morgan fingerprint density at radius 2 is 2.21 bits per heavy atom. The molecule has 19 heavy (non-hydrogen) atoms. The number of aromatic amines is 1. The highest BCUT2D eigenvalue weighted by Crippen LogP contribution is 2.12. The Morgan fingerprint density at radius 1 is 1.47 bits per heavy atom. The lowest BCUT2D eigenvalue weighted by molar-refractivity contribution is 0.0540. The first kappa shape index (κ1) is 13.8. The van der Waals surface area contributed by atoms with E-state index in [0.717, 1.165) is 18.7 Å². The van der Waals surface area contributed by atoms with Crippen LogP contribution >= 0.6 is 0 Å². The van der Waals surface area contributed by atoms with Gasteiger partial charge in [0.2, 0.25) is 0 Å². The molecule has 104 valence electrons. The number of pyridine rings is 1. The van der Waals surface area contributed by atoms with Gasteiger partial charge in [-0.1, -0.05) is 6.92 Å². The van der Waals surface area contributed by atoms with Crippen molar-refractivity contribution >= 4 is 5.91 Å². The van der Waals surface area contributed by atoms with Crippen LogP contribution in [0.3, 0.4) is 0 Å². The Kier molecular flexibility index (Phi) is 4.04. The minimum Gasteiger partial charge on any atom is -0.364 e. The van der Waals surface area contributed by atoms with E-state index < -0.39 is 0 Å². The lowest BCUT2D eigenvalue weighted by Crippen LogP contribution is -2.53. The number of carbonyl (C=O) groups excluding carboxylic acids is 1. The van der Waals surface area contributed by atoms with Crippen LogP contribution in [0.25, 0.3) is 0 Å². The average Bonchev–Trinajstić information content (AvgIpc) is 2.38. The summed E-state index contributed by atoms with van der Waals surface area (Å²) < 4.78 is 0. The molecule has 1 aromatic rings. The second-order valence-electron chi connectivity index (χ2n) is 5.19. The molecule has 2 rings (SSSR count). The Labute approximate surface area is 113 Å². The molecule has 1 fully saturated rings. The summed E-state index contributed by atoms with van der Waals surface area (Å²) >= 11 is 0. The molecule has 1 aromatic heterocycles. The molecule has 5 heteroatoms. The SMILES string of the molecule is CCC1CN(C(=O)c2c[nH]c(C)cc2=O)CCN1C. The van der Waals surface area contributed by atoms with Gasteiger partial charge >= 0.3 is 0 Å². The van der Waals surface area contributed by atoms with E-state index in [9.17, 15) is 9.59 Å². The monoisotopic (exact) mass is 263 g/mol. The Bertz CT molecular complexity index is 524. The molecule has 0 spiro atoms. The van der Waals surface area contributed by atoms with E-state index in [1.54, 1.807) is 11.8 Å². The molecule has 1 aliphatic rings. The van der Waals surface area contributed by atoms with Crippen molar-refractivity contribution in [3.05, 3.63) is 33.7 Å². The average molecular weight is 263 g/mol. The molecule has 1 saturated heterocycles. The van der Waals surface area contributed by atoms with Crippen molar-refractivity contribution in [3.63, 3.8) is 0 Å². The van der Waals surface area contributed by atoms with Gasteiger partial charge in [0.1, 0.15) is 5.56 Å². The highest BCUT2D eigenvalue weighted by atomic mass is 16.2. The Hall–Kier alpha value is -1.62. The van der Waals surface area contributed by atoms with Gasteiger partial charge in [-0.3, -0.25) is 14.5 Å². The standard InChI is InChI=1S/C14H21N3O2/c1-4-11-9-17(6-5-16(11)3)14(19)12-8-15-10(2)7-13(12)18/h7-8,11H,4-6,9H2,1-3H3,(H,15,18). The number of nitrogens with one attached hydrogen (secondary N) is 1. The number of aromatic nitrogens is 1. The summed E-state index contributed by atoms with van der Waals surface area (Å²) in [6, 6.07) is 1.85. The van der Waals surface area contributed by atoms with Gasteiger partial charge in [0.05, 0.1) is 0 Å². The molecule has 5 nitrogen and oxygen atoms in total. The zero-order valence-electron chi connectivity index (χ0n) is 11.8. The molecular formula is C14H21N3O2. The van der Waals surface area contributed by atoms with E-state index >= 15 is 0 Å². The largest absolute Gasteiger partial charge is 0.364 e. The number of amides is 1. The molecule has 0 bridgehead atoms. The lowest BCUT2D eigenvalue weighted by Gasteiger charge is -2.39. The molecule has 0 aliphatic carbocycles. The normalized spacial score (nSPS) is 20.6. The molecule has 2 heterocycles. The van der Waals surface area contributed by atoms with Crippen LogP contribution in [-0.4, -0.2) is 53.4 Å². The maximum atomic E-state index is 12.4. The zero-order chi connectivity index (χ0) is 14.0. The second-order valence-corrected chi connectivity index (χ2v) is 5.19. The highest BCUT2D eigenvalue weighted by Gasteiger charge is 2.27. The van der Waals surface area contributed by atoms with Crippen molar-refractivity contribution in [2.24, 2.45) is 0 Å². The summed E-state index contributed by atoms with van der Waals surface area (Å²) in [5.41, 5.74) is 0.810. The number of hydrogen-bond donors (Lipinski definition) is 1. The molecular weight excluding hydrogens is 242 g/mol. The van der Waals surface area contributed by atoms with Gasteiger partial charge in [0, 0.05) is 43.6 Å². The minimum atomic E-state index is -0.201. The first-order valence-corrected chi connectivity index (χ1v) is 6.71. The van der Waals surface area contributed by atoms with Gasteiger partial charge in [-0.05, 0) is 20.4 Å². The van der Waals surface area contributed by atoms with Crippen molar-refractivity contribution in [2.45, 2.75) is 26.3 Å². The van der Waals surface area contributed by atoms with Crippen LogP contribution in [0.4, 0.5) is 0 Å². The predicted molar refractivity (Wildman–Crippen MR) is 74.4 cm³/mol. The number of nitrogens with zero attached hydrogens (tertiary/aromatic N) is 2. The Morgan fingerprint density at radius 3 is 2.84 bits per heavy atom. The molecule has 0 radical (unpaired) electrons. The van der Waals surface area contributed by atoms with Crippen molar-refractivity contribution in [1.82, 2.24) is 14.8 Å². The summed E-state index contributed by atoms with van der Waals surface area (Å²) in [7, 11) is 2.08. The van der Waals surface area contributed by atoms with Gasteiger partial charge in [0.25, 0.3) is 5.91 Å². The highest BCUT2D eigenvalue weighted by molar-refractivity contribution is 5.93. The van der Waals surface area contributed by atoms with Crippen LogP contribution < -0.4 is 5.43 Å². The first-order chi connectivity index (χ1) is 9.02. The molecule has 1 N–H and O–H groups in total. The first-order valence-electron chi connectivity index (χ1n) is 6.71. The van der Waals surface area contributed by atoms with Gasteiger partial charge in [-0.25, -0.2) is 0 Å². The lowest BCUT2D eigenvalue weighted by atomic mass is 10.1. The zero-order valence-corrected chi connectivity index (χ0v) is 11.8. The number of carbonyl (C=O) groups is 1. The van der Waals surface area contributed by atoms with E-state index in [4.69, 9.17) is 0 Å². The smallest absolute Gasteiger partial charge is 0.259 e. The third-order valence-corrected chi connectivity index (χ3v) is 3.82. The second kappa shape index (κ2) is 5.57. The third-order valence-electron chi connectivity index (χ3n) is 3.82. The summed E-state index contributed by atoms with van der Waals surface area (Å²) in [4.78, 5) is 31.2. The molecule has 1 unspecified atom stereocenters. The van der Waals surface area contributed by atoms with E-state index in [1.807, 2.05) is 0 Å². The summed E-state index contributed by atoms with van der Waals surface area (Å²) in [6.07, 6.45) is 2.53. The quantitative estimate of drug-likeness (QED) is 0.860. The van der Waals surface area contributed by atoms with Crippen LogP contribution in [0, 0.1) is 6.92 Å². The van der Waals surface area contributed by atoms with Crippen LogP contribution in [0.1, 0.15) is 29.4 Å².